The van der Waals surface area contributed by atoms with Gasteiger partial charge in [-0.15, -0.1) is 0 Å². The molecule has 0 bridgehead atoms. The number of phenolic OH excluding ortho intramolecular Hbond substituents is 4. The first-order valence-electron chi connectivity index (χ1n) is 14.7. The summed E-state index contributed by atoms with van der Waals surface area (Å²) in [5.41, 5.74) is 2.21. The Kier molecular flexibility index (Phi) is 9.38. The highest BCUT2D eigenvalue weighted by Gasteiger charge is 2.25. The smallest absolute Gasteiger partial charge is 0.217 e. The van der Waals surface area contributed by atoms with Crippen LogP contribution >= 0.6 is 0 Å². The Labute approximate surface area is 266 Å². The first-order chi connectivity index (χ1) is 22.2. The Morgan fingerprint density at radius 3 is 1.17 bits per heavy atom. The predicted molar refractivity (Wildman–Crippen MR) is 179 cm³/mol. The lowest BCUT2D eigenvalue weighted by Crippen LogP contribution is -2.27. The molecule has 6 aromatic carbocycles. The highest BCUT2D eigenvalue weighted by molar-refractivity contribution is 5.90. The van der Waals surface area contributed by atoms with Crippen LogP contribution in [-0.4, -0.2) is 32.2 Å². The predicted octanol–water partition coefficient (Wildman–Crippen LogP) is 6.95. The number of carbonyl (C=O) groups is 2. The number of amides is 2. The van der Waals surface area contributed by atoms with Crippen LogP contribution in [-0.2, 0) is 9.59 Å². The lowest BCUT2D eigenvalue weighted by Gasteiger charge is -2.22. The summed E-state index contributed by atoms with van der Waals surface area (Å²) in [6.45, 7) is 2.82. The van der Waals surface area contributed by atoms with Gasteiger partial charge in [0.15, 0.2) is 0 Å². The van der Waals surface area contributed by atoms with Crippen molar-refractivity contribution < 1.29 is 30.0 Å². The summed E-state index contributed by atoms with van der Waals surface area (Å²) in [5, 5.41) is 50.4. The maximum absolute atomic E-state index is 11.7. The fourth-order valence-electron chi connectivity index (χ4n) is 5.66. The van der Waals surface area contributed by atoms with Crippen LogP contribution in [0.1, 0.15) is 48.2 Å². The largest absolute Gasteiger partial charge is 0.508 e. The van der Waals surface area contributed by atoms with Crippen LogP contribution in [0.3, 0.4) is 0 Å². The van der Waals surface area contributed by atoms with Gasteiger partial charge in [0.2, 0.25) is 11.8 Å². The van der Waals surface area contributed by atoms with Gasteiger partial charge < -0.3 is 31.1 Å². The Balaban J connectivity index is 0.000000181. The van der Waals surface area contributed by atoms with Crippen molar-refractivity contribution in [2.24, 2.45) is 0 Å². The van der Waals surface area contributed by atoms with Crippen LogP contribution in [0.15, 0.2) is 121 Å². The van der Waals surface area contributed by atoms with Gasteiger partial charge in [-0.2, -0.15) is 0 Å². The molecule has 2 atom stereocenters. The molecule has 0 radical (unpaired) electrons. The second-order valence-corrected chi connectivity index (χ2v) is 10.8. The Bertz CT molecular complexity index is 1890. The molecule has 6 N–H and O–H groups in total. The molecule has 6 rings (SSSR count). The molecule has 0 saturated heterocycles. The molecule has 0 fully saturated rings. The maximum atomic E-state index is 11.7. The van der Waals surface area contributed by atoms with Crippen LogP contribution in [0, 0.1) is 0 Å². The van der Waals surface area contributed by atoms with E-state index in [2.05, 4.69) is 10.6 Å². The second kappa shape index (κ2) is 13.7. The molecule has 2 amide bonds. The fourth-order valence-corrected chi connectivity index (χ4v) is 5.66. The van der Waals surface area contributed by atoms with Crippen molar-refractivity contribution in [1.82, 2.24) is 10.6 Å². The van der Waals surface area contributed by atoms with E-state index in [1.807, 2.05) is 60.7 Å². The first kappa shape index (κ1) is 31.4. The number of fused-ring (bicyclic) bond motifs is 2. The normalized spacial score (nSPS) is 12.0. The molecule has 6 aromatic rings. The standard InChI is InChI=1S/2C19H17NO3/c2*1-12(21)20-19(15-8-4-5-9-16(15)22)18-14-7-3-2-6-13(14)10-11-17(18)23/h2*2-11,19,22-23H,1H3,(H,20,21)/t2*19-/m11/s1. The fraction of sp³-hybridized carbons (Fsp3) is 0.105. The van der Waals surface area contributed by atoms with Crippen LogP contribution in [0.4, 0.5) is 0 Å². The third-order valence-electron chi connectivity index (χ3n) is 7.66. The van der Waals surface area contributed by atoms with Gasteiger partial charge in [0, 0.05) is 36.1 Å². The Morgan fingerprint density at radius 1 is 0.457 bits per heavy atom. The van der Waals surface area contributed by atoms with Crippen LogP contribution in [0.5, 0.6) is 23.0 Å². The molecule has 0 spiro atoms. The van der Waals surface area contributed by atoms with Gasteiger partial charge in [-0.1, -0.05) is 97.1 Å². The second-order valence-electron chi connectivity index (χ2n) is 10.8. The molecule has 8 heteroatoms. The molecule has 0 unspecified atom stereocenters. The average molecular weight is 615 g/mol. The summed E-state index contributed by atoms with van der Waals surface area (Å²) >= 11 is 0. The van der Waals surface area contributed by atoms with Crippen molar-refractivity contribution in [2.45, 2.75) is 25.9 Å². The van der Waals surface area contributed by atoms with Crippen molar-refractivity contribution in [1.29, 1.82) is 0 Å². The van der Waals surface area contributed by atoms with Gasteiger partial charge in [0.05, 0.1) is 12.1 Å². The van der Waals surface area contributed by atoms with Gasteiger partial charge in [-0.25, -0.2) is 0 Å². The molecule has 8 nitrogen and oxygen atoms in total. The highest BCUT2D eigenvalue weighted by Crippen LogP contribution is 2.40. The van der Waals surface area contributed by atoms with Gasteiger partial charge >= 0.3 is 0 Å². The van der Waals surface area contributed by atoms with Crippen molar-refractivity contribution in [3.63, 3.8) is 0 Å². The minimum atomic E-state index is -0.639. The van der Waals surface area contributed by atoms with Gasteiger partial charge in [0.25, 0.3) is 0 Å². The van der Waals surface area contributed by atoms with Gasteiger partial charge in [-0.05, 0) is 45.8 Å². The number of rotatable bonds is 6. The minimum absolute atomic E-state index is 0.0681. The van der Waals surface area contributed by atoms with Crippen LogP contribution in [0.2, 0.25) is 0 Å². The molecular formula is C38H34N2O6. The molecule has 0 saturated carbocycles. The van der Waals surface area contributed by atoms with Crippen LogP contribution in [0.25, 0.3) is 21.5 Å². The summed E-state index contributed by atoms with van der Waals surface area (Å²) in [7, 11) is 0. The molecule has 0 aliphatic carbocycles. The summed E-state index contributed by atoms with van der Waals surface area (Å²) in [6, 6.07) is 34.4. The topological polar surface area (TPSA) is 139 Å². The zero-order chi connectivity index (χ0) is 32.8. The molecule has 0 aliphatic heterocycles. The Hall–Kier alpha value is -6.02. The highest BCUT2D eigenvalue weighted by atomic mass is 16.3. The molecule has 0 aliphatic rings. The number of hydrogen-bond acceptors (Lipinski definition) is 6. The number of carbonyl (C=O) groups excluding carboxylic acids is 2. The average Bonchev–Trinajstić information content (AvgIpc) is 3.04. The molecule has 46 heavy (non-hydrogen) atoms. The minimum Gasteiger partial charge on any atom is -0.508 e. The van der Waals surface area contributed by atoms with Gasteiger partial charge in [0.1, 0.15) is 23.0 Å². The van der Waals surface area contributed by atoms with E-state index in [0.29, 0.717) is 22.3 Å². The number of para-hydroxylation sites is 2. The number of aromatic hydroxyl groups is 4. The number of benzene rings is 6. The van der Waals surface area contributed by atoms with Gasteiger partial charge in [-0.3, -0.25) is 9.59 Å². The van der Waals surface area contributed by atoms with E-state index in [1.54, 1.807) is 60.7 Å². The van der Waals surface area contributed by atoms with E-state index in [-0.39, 0.29) is 34.8 Å². The quantitative estimate of drug-likeness (QED) is 0.120. The number of hydrogen-bond donors (Lipinski definition) is 6. The molecule has 232 valence electrons. The summed E-state index contributed by atoms with van der Waals surface area (Å²) in [6.07, 6.45) is 0. The van der Waals surface area contributed by atoms with Crippen molar-refractivity contribution in [3.8, 4) is 23.0 Å². The van der Waals surface area contributed by atoms with E-state index in [4.69, 9.17) is 0 Å². The van der Waals surface area contributed by atoms with E-state index < -0.39 is 12.1 Å². The third kappa shape index (κ3) is 6.71. The van der Waals surface area contributed by atoms with Crippen molar-refractivity contribution in [3.05, 3.63) is 144 Å². The van der Waals surface area contributed by atoms with Crippen molar-refractivity contribution >= 4 is 33.4 Å². The monoisotopic (exact) mass is 614 g/mol. The maximum Gasteiger partial charge on any atom is 0.217 e. The van der Waals surface area contributed by atoms with Crippen LogP contribution < -0.4 is 10.6 Å². The third-order valence-corrected chi connectivity index (χ3v) is 7.66. The zero-order valence-electron chi connectivity index (χ0n) is 25.3. The van der Waals surface area contributed by atoms with E-state index in [1.165, 1.54) is 13.8 Å². The number of nitrogens with one attached hydrogen (secondary N) is 2. The Morgan fingerprint density at radius 2 is 0.804 bits per heavy atom. The summed E-state index contributed by atoms with van der Waals surface area (Å²) in [5.74, 6) is -0.204. The number of phenols is 4. The summed E-state index contributed by atoms with van der Waals surface area (Å²) in [4.78, 5) is 23.4. The van der Waals surface area contributed by atoms with E-state index in [9.17, 15) is 30.0 Å². The van der Waals surface area contributed by atoms with E-state index in [0.717, 1.165) is 21.5 Å². The van der Waals surface area contributed by atoms with E-state index >= 15 is 0 Å². The zero-order valence-corrected chi connectivity index (χ0v) is 25.3. The SMILES string of the molecule is CC(=O)N[C@H](c1ccccc1O)c1c(O)ccc2ccccc12.CC(=O)N[C@H](c1ccccc1O)c1c(O)ccc2ccccc12. The first-order valence-corrected chi connectivity index (χ1v) is 14.7. The molecular weight excluding hydrogens is 580 g/mol. The summed E-state index contributed by atoms with van der Waals surface area (Å²) < 4.78 is 0. The van der Waals surface area contributed by atoms with Crippen molar-refractivity contribution in [2.75, 3.05) is 0 Å². The lowest BCUT2D eigenvalue weighted by atomic mass is 9.92. The lowest BCUT2D eigenvalue weighted by molar-refractivity contribution is -0.120. The molecule has 0 aromatic heterocycles. The molecule has 0 heterocycles.